The normalized spacial score (nSPS) is 12.5. The predicted octanol–water partition coefficient (Wildman–Crippen LogP) is 10.3. The highest BCUT2D eigenvalue weighted by Crippen LogP contribution is 2.33. The molecule has 4 aromatic rings. The zero-order valence-electron chi connectivity index (χ0n) is 29.8. The molecular formula is C41H54N6. The molecule has 0 saturated carbocycles. The molecule has 47 heavy (non-hydrogen) atoms. The Morgan fingerprint density at radius 3 is 2.26 bits per heavy atom. The molecule has 0 fully saturated rings. The molecule has 6 heteroatoms. The van der Waals surface area contributed by atoms with Crippen LogP contribution in [0, 0.1) is 0 Å². The first-order valence-corrected chi connectivity index (χ1v) is 16.4. The van der Waals surface area contributed by atoms with Gasteiger partial charge in [0.15, 0.2) is 0 Å². The van der Waals surface area contributed by atoms with Gasteiger partial charge in [-0.05, 0) is 73.4 Å². The van der Waals surface area contributed by atoms with Crippen LogP contribution in [0.25, 0.3) is 33.6 Å². The minimum atomic E-state index is 0.279. The molecule has 4 rings (SSSR count). The van der Waals surface area contributed by atoms with Crippen LogP contribution >= 0.6 is 0 Å². The Morgan fingerprint density at radius 2 is 1.68 bits per heavy atom. The molecular weight excluding hydrogens is 576 g/mol. The Labute approximate surface area is 283 Å². The largest absolute Gasteiger partial charge is 0.336 e. The summed E-state index contributed by atoms with van der Waals surface area (Å²) in [6, 6.07) is 4.15. The molecule has 4 heterocycles. The first kappa shape index (κ1) is 38.4. The summed E-state index contributed by atoms with van der Waals surface area (Å²) >= 11 is 0. The maximum absolute atomic E-state index is 4.44. The van der Waals surface area contributed by atoms with Crippen LogP contribution in [0.3, 0.4) is 0 Å². The van der Waals surface area contributed by atoms with Crippen LogP contribution in [-0.2, 0) is 13.1 Å². The van der Waals surface area contributed by atoms with E-state index in [1.165, 1.54) is 27.8 Å². The van der Waals surface area contributed by atoms with Gasteiger partial charge in [0.05, 0.1) is 23.4 Å². The monoisotopic (exact) mass is 630 g/mol. The molecule has 1 N–H and O–H groups in total. The highest BCUT2D eigenvalue weighted by Gasteiger charge is 2.20. The number of pyridine rings is 2. The van der Waals surface area contributed by atoms with Crippen molar-refractivity contribution in [2.75, 3.05) is 14.1 Å². The molecule has 0 aliphatic heterocycles. The maximum atomic E-state index is 4.44. The smallest absolute Gasteiger partial charge is 0.0722 e. The lowest BCUT2D eigenvalue weighted by molar-refractivity contribution is 0.796. The van der Waals surface area contributed by atoms with E-state index in [0.717, 1.165) is 52.9 Å². The predicted molar refractivity (Wildman–Crippen MR) is 208 cm³/mol. The molecule has 0 spiro atoms. The fourth-order valence-electron chi connectivity index (χ4n) is 5.78. The number of nitrogens with one attached hydrogen (secondary N) is 1. The Hall–Kier alpha value is -4.81. The fourth-order valence-corrected chi connectivity index (χ4v) is 5.78. The van der Waals surface area contributed by atoms with Gasteiger partial charge in [0.1, 0.15) is 0 Å². The van der Waals surface area contributed by atoms with Gasteiger partial charge in [-0.2, -0.15) is 0 Å². The van der Waals surface area contributed by atoms with Gasteiger partial charge >= 0.3 is 0 Å². The summed E-state index contributed by atoms with van der Waals surface area (Å²) < 4.78 is 4.55. The molecule has 4 aromatic heterocycles. The van der Waals surface area contributed by atoms with Gasteiger partial charge in [0.25, 0.3) is 0 Å². The minimum absolute atomic E-state index is 0.279. The Morgan fingerprint density at radius 1 is 1.02 bits per heavy atom. The third-order valence-electron chi connectivity index (χ3n) is 7.65. The van der Waals surface area contributed by atoms with Gasteiger partial charge < -0.3 is 14.5 Å². The fraction of sp³-hybridized carbons (Fsp3) is 0.293. The number of aliphatic imine (C=N–C) groups is 1. The number of fused-ring (bicyclic) bond motifs is 2. The van der Waals surface area contributed by atoms with Crippen molar-refractivity contribution in [2.24, 2.45) is 4.99 Å². The van der Waals surface area contributed by atoms with Crippen LogP contribution in [0.5, 0.6) is 0 Å². The van der Waals surface area contributed by atoms with Crippen LogP contribution in [0.15, 0.2) is 116 Å². The van der Waals surface area contributed by atoms with Crippen LogP contribution < -0.4 is 5.32 Å². The van der Waals surface area contributed by atoms with E-state index >= 15 is 0 Å². The highest BCUT2D eigenvalue weighted by atomic mass is 15.0. The Bertz CT molecular complexity index is 1790. The molecule has 0 aromatic carbocycles. The van der Waals surface area contributed by atoms with Crippen molar-refractivity contribution in [1.29, 1.82) is 0 Å². The topological polar surface area (TPSA) is 60.0 Å². The molecule has 0 unspecified atom stereocenters. The van der Waals surface area contributed by atoms with E-state index in [-0.39, 0.29) is 5.92 Å². The number of hydrogen-bond donors (Lipinski definition) is 1. The Kier molecular flexibility index (Phi) is 16.0. The van der Waals surface area contributed by atoms with Gasteiger partial charge in [0, 0.05) is 72.2 Å². The number of nitrogens with zero attached hydrogens (tertiary/aromatic N) is 5. The maximum Gasteiger partial charge on any atom is 0.0722 e. The van der Waals surface area contributed by atoms with Gasteiger partial charge in [-0.1, -0.05) is 72.1 Å². The van der Waals surface area contributed by atoms with Crippen molar-refractivity contribution in [3.63, 3.8) is 0 Å². The molecule has 0 atom stereocenters. The average Bonchev–Trinajstić information content (AvgIpc) is 3.59. The van der Waals surface area contributed by atoms with Gasteiger partial charge in [-0.15, -0.1) is 13.2 Å². The lowest BCUT2D eigenvalue weighted by atomic mass is 10.0. The first-order chi connectivity index (χ1) is 22.9. The summed E-state index contributed by atoms with van der Waals surface area (Å²) in [6.07, 6.45) is 25.3. The number of rotatable bonds is 13. The lowest BCUT2D eigenvalue weighted by Crippen LogP contribution is -2.07. The van der Waals surface area contributed by atoms with Crippen LogP contribution in [0.1, 0.15) is 76.4 Å². The third-order valence-corrected chi connectivity index (χ3v) is 7.65. The molecule has 0 saturated heterocycles. The lowest BCUT2D eigenvalue weighted by Gasteiger charge is -2.15. The average molecular weight is 631 g/mol. The van der Waals surface area contributed by atoms with E-state index in [1.807, 2.05) is 71.1 Å². The molecule has 0 bridgehead atoms. The Balaban J connectivity index is 0.00000185. The van der Waals surface area contributed by atoms with Crippen molar-refractivity contribution in [3.8, 4) is 0 Å². The molecule has 248 valence electrons. The summed E-state index contributed by atoms with van der Waals surface area (Å²) in [4.78, 5) is 13.2. The zero-order valence-corrected chi connectivity index (χ0v) is 29.8. The summed E-state index contributed by atoms with van der Waals surface area (Å²) in [5.41, 5.74) is 10.2. The summed E-state index contributed by atoms with van der Waals surface area (Å²) in [5, 5.41) is 5.64. The quantitative estimate of drug-likeness (QED) is 0.0908. The molecule has 0 radical (unpaired) electrons. The van der Waals surface area contributed by atoms with E-state index < -0.39 is 0 Å². The second-order valence-corrected chi connectivity index (χ2v) is 10.8. The van der Waals surface area contributed by atoms with Crippen molar-refractivity contribution in [1.82, 2.24) is 24.4 Å². The van der Waals surface area contributed by atoms with Crippen molar-refractivity contribution >= 4 is 39.8 Å². The second kappa shape index (κ2) is 19.6. The van der Waals surface area contributed by atoms with E-state index in [9.17, 15) is 0 Å². The van der Waals surface area contributed by atoms with Crippen molar-refractivity contribution in [2.45, 2.75) is 67.0 Å². The van der Waals surface area contributed by atoms with E-state index in [4.69, 9.17) is 0 Å². The molecule has 0 aliphatic rings. The van der Waals surface area contributed by atoms with Crippen molar-refractivity contribution < 1.29 is 0 Å². The number of allylic oxidation sites excluding steroid dienone is 9. The van der Waals surface area contributed by atoms with Crippen LogP contribution in [-0.4, -0.2) is 39.4 Å². The van der Waals surface area contributed by atoms with Crippen LogP contribution in [0.2, 0.25) is 0 Å². The summed E-state index contributed by atoms with van der Waals surface area (Å²) in [6.45, 7) is 28.5. The molecule has 0 amide bonds. The van der Waals surface area contributed by atoms with E-state index in [1.54, 1.807) is 0 Å². The molecule has 6 nitrogen and oxygen atoms in total. The number of hydrogen-bond acceptors (Lipinski definition) is 4. The first-order valence-electron chi connectivity index (χ1n) is 16.4. The summed E-state index contributed by atoms with van der Waals surface area (Å²) in [7, 11) is 3.78. The molecule has 0 aliphatic carbocycles. The standard InChI is InChI=1S/C37H44N6.C2H6.C2H4/c1-9-13-28(14-12-21-42-34(11-3)32(22-38-7)30-17-19-40-24-35(30)42)27(6)15-16-29(10-2)43-36-25-41-20-18-31(36)33(23-39-8)37(43)26(4)5;2*1-2/h10-20,23-26,38H,2-3,9,21-22H2,1,4-8H3;1-2H3;1-2H2/b14-12-,27-15+,28-13+,29-16+,39-23?;;. The summed E-state index contributed by atoms with van der Waals surface area (Å²) in [5.74, 6) is 0.279. The highest BCUT2D eigenvalue weighted by molar-refractivity contribution is 6.03. The van der Waals surface area contributed by atoms with Crippen LogP contribution in [0.4, 0.5) is 0 Å². The SMILES string of the molecule is C=C.C=C\C(=C/C=C(C)/C(/C=C\Cn1c(C=C)c(CNC)c2ccncc21)=C/CC)n1c(C(C)C)c(C=NC)c2ccncc21.CC. The van der Waals surface area contributed by atoms with Gasteiger partial charge in [-0.3, -0.25) is 15.0 Å². The zero-order chi connectivity index (χ0) is 34.9. The van der Waals surface area contributed by atoms with E-state index in [0.29, 0.717) is 0 Å². The second-order valence-electron chi connectivity index (χ2n) is 10.8. The third kappa shape index (κ3) is 8.72. The van der Waals surface area contributed by atoms with Gasteiger partial charge in [0.2, 0.25) is 0 Å². The van der Waals surface area contributed by atoms with Crippen molar-refractivity contribution in [3.05, 3.63) is 133 Å². The minimum Gasteiger partial charge on any atom is -0.336 e. The number of aromatic nitrogens is 4. The van der Waals surface area contributed by atoms with Gasteiger partial charge in [-0.25, -0.2) is 0 Å². The van der Waals surface area contributed by atoms with E-state index in [2.05, 4.69) is 126 Å².